The molecule has 0 aromatic carbocycles. The van der Waals surface area contributed by atoms with Crippen LogP contribution in [0.25, 0.3) is 0 Å². The van der Waals surface area contributed by atoms with Crippen molar-refractivity contribution in [2.24, 2.45) is 0 Å². The van der Waals surface area contributed by atoms with E-state index in [0.717, 1.165) is 5.38 Å². The molecule has 0 unspecified atom stereocenters. The van der Waals surface area contributed by atoms with E-state index in [-0.39, 0.29) is 0 Å². The highest BCUT2D eigenvalue weighted by molar-refractivity contribution is 7.82. The van der Waals surface area contributed by atoms with E-state index in [1.165, 1.54) is 0 Å². The summed E-state index contributed by atoms with van der Waals surface area (Å²) in [6.07, 6.45) is 0. The Labute approximate surface area is 72.2 Å². The molecule has 0 saturated heterocycles. The molecule has 0 radical (unpaired) electrons. The summed E-state index contributed by atoms with van der Waals surface area (Å²) >= 11 is 4.33. The molecule has 4 heteroatoms. The van der Waals surface area contributed by atoms with Crippen LogP contribution in [0, 0.1) is 0 Å². The predicted molar refractivity (Wildman–Crippen MR) is 57.8 cm³/mol. The number of rotatable bonds is 3. The van der Waals surface area contributed by atoms with Gasteiger partial charge >= 0.3 is 0 Å². The normalized spacial score (nSPS) is 13.8. The second-order valence-electron chi connectivity index (χ2n) is 4.42. The second-order valence-corrected chi connectivity index (χ2v) is 14.9. The van der Waals surface area contributed by atoms with Crippen molar-refractivity contribution in [1.82, 2.24) is 4.65 Å². The lowest BCUT2D eigenvalue weighted by Gasteiger charge is -2.30. The molecule has 0 atom stereocenters. The summed E-state index contributed by atoms with van der Waals surface area (Å²) in [4.78, 5) is 0. The van der Waals surface area contributed by atoms with E-state index < -0.39 is 16.5 Å². The molecule has 62 valence electrons. The lowest BCUT2D eigenvalue weighted by atomic mass is 11.8. The van der Waals surface area contributed by atoms with Gasteiger partial charge in [0.1, 0.15) is 16.5 Å². The van der Waals surface area contributed by atoms with Gasteiger partial charge in [0, 0.05) is 0 Å². The number of thiol groups is 1. The summed E-state index contributed by atoms with van der Waals surface area (Å²) < 4.78 is 3.75. The van der Waals surface area contributed by atoms with Gasteiger partial charge < -0.3 is 4.65 Å². The van der Waals surface area contributed by atoms with Gasteiger partial charge in [-0.25, -0.2) is 0 Å². The molecule has 1 N–H and O–H groups in total. The molecule has 0 aromatic rings. The maximum atomic E-state index is 4.33. The molecule has 1 nitrogen and oxygen atoms in total. The molecule has 0 saturated carbocycles. The molecule has 0 aliphatic rings. The predicted octanol–water partition coefficient (Wildman–Crippen LogP) is 2.09. The van der Waals surface area contributed by atoms with Gasteiger partial charge in [-0.1, -0.05) is 32.7 Å². The van der Waals surface area contributed by atoms with E-state index in [0.29, 0.717) is 0 Å². The fourth-order valence-electron chi connectivity index (χ4n) is 1.05. The summed E-state index contributed by atoms with van der Waals surface area (Å²) in [6, 6.07) is 0. The quantitative estimate of drug-likeness (QED) is 0.517. The van der Waals surface area contributed by atoms with Crippen LogP contribution in [0.5, 0.6) is 0 Å². The zero-order chi connectivity index (χ0) is 8.41. The van der Waals surface area contributed by atoms with Crippen LogP contribution in [0.2, 0.25) is 32.7 Å². The van der Waals surface area contributed by atoms with Gasteiger partial charge in [-0.3, -0.25) is 0 Å². The highest BCUT2D eigenvalue weighted by Gasteiger charge is 2.25. The molecule has 0 spiro atoms. The molecule has 0 rings (SSSR count). The van der Waals surface area contributed by atoms with Crippen molar-refractivity contribution in [1.29, 1.82) is 0 Å². The van der Waals surface area contributed by atoms with Crippen LogP contribution in [-0.4, -0.2) is 21.8 Å². The van der Waals surface area contributed by atoms with E-state index in [2.05, 4.69) is 50.0 Å². The molecular weight excluding hydrogens is 174 g/mol. The van der Waals surface area contributed by atoms with Gasteiger partial charge in [0.05, 0.1) is 0 Å². The Kier molecular flexibility index (Phi) is 3.68. The molecule has 0 amide bonds. The third-order valence-electron chi connectivity index (χ3n) is 1.11. The smallest absolute Gasteiger partial charge is 0.122 e. The number of hydrogen-bond donors (Lipinski definition) is 2. The van der Waals surface area contributed by atoms with Gasteiger partial charge in [-0.2, -0.15) is 12.6 Å². The Morgan fingerprint density at radius 3 is 1.60 bits per heavy atom. The largest absolute Gasteiger partial charge is 0.359 e. The number of nitrogens with one attached hydrogen (secondary N) is 1. The standard InChI is InChI=1S/C6H19NSSi2/c1-9(2,3)7-10(4,5)6-8/h7-8H,6H2,1-5H3. The first-order chi connectivity index (χ1) is 4.27. The van der Waals surface area contributed by atoms with E-state index in [1.54, 1.807) is 0 Å². The zero-order valence-corrected chi connectivity index (χ0v) is 10.5. The zero-order valence-electron chi connectivity index (χ0n) is 7.65. The van der Waals surface area contributed by atoms with Crippen molar-refractivity contribution in [3.8, 4) is 0 Å². The van der Waals surface area contributed by atoms with Gasteiger partial charge in [0.15, 0.2) is 0 Å². The van der Waals surface area contributed by atoms with Gasteiger partial charge in [0.2, 0.25) is 0 Å². The first kappa shape index (κ1) is 10.7. The van der Waals surface area contributed by atoms with Crippen molar-refractivity contribution in [3.05, 3.63) is 0 Å². The van der Waals surface area contributed by atoms with Gasteiger partial charge in [-0.15, -0.1) is 0 Å². The summed E-state index contributed by atoms with van der Waals surface area (Å²) in [5.41, 5.74) is 0. The lowest BCUT2D eigenvalue weighted by Crippen LogP contribution is -2.58. The Morgan fingerprint density at radius 2 is 1.50 bits per heavy atom. The van der Waals surface area contributed by atoms with Crippen molar-refractivity contribution in [3.63, 3.8) is 0 Å². The molecule has 0 fully saturated rings. The van der Waals surface area contributed by atoms with Crippen LogP contribution in [0.1, 0.15) is 0 Å². The third kappa shape index (κ3) is 5.52. The molecule has 10 heavy (non-hydrogen) atoms. The van der Waals surface area contributed by atoms with Crippen molar-refractivity contribution < 1.29 is 0 Å². The molecule has 0 aliphatic carbocycles. The first-order valence-corrected chi connectivity index (χ1v) is 11.0. The van der Waals surface area contributed by atoms with E-state index in [9.17, 15) is 0 Å². The van der Waals surface area contributed by atoms with Crippen molar-refractivity contribution in [2.45, 2.75) is 32.7 Å². The summed E-state index contributed by atoms with van der Waals surface area (Å²) in [5, 5.41) is 1.04. The molecule has 0 bridgehead atoms. The average molecular weight is 193 g/mol. The minimum atomic E-state index is -1.14. The Morgan fingerprint density at radius 1 is 1.10 bits per heavy atom. The van der Waals surface area contributed by atoms with Crippen LogP contribution in [-0.2, 0) is 0 Å². The minimum Gasteiger partial charge on any atom is -0.359 e. The Hall–Kier alpha value is 0.744. The second kappa shape index (κ2) is 3.43. The van der Waals surface area contributed by atoms with Crippen molar-refractivity contribution >= 4 is 29.1 Å². The molecule has 0 heterocycles. The van der Waals surface area contributed by atoms with E-state index >= 15 is 0 Å². The SMILES string of the molecule is C[Si](C)(C)N[Si](C)(C)CS. The summed E-state index contributed by atoms with van der Waals surface area (Å²) in [7, 11) is -2.19. The Bertz CT molecular complexity index is 109. The van der Waals surface area contributed by atoms with Crippen LogP contribution >= 0.6 is 12.6 Å². The van der Waals surface area contributed by atoms with Crippen LogP contribution in [0.15, 0.2) is 0 Å². The maximum absolute atomic E-state index is 4.33. The summed E-state index contributed by atoms with van der Waals surface area (Å²) in [5.74, 6) is 0. The minimum absolute atomic E-state index is 1.04. The Balaban J connectivity index is 3.89. The van der Waals surface area contributed by atoms with Gasteiger partial charge in [-0.05, 0) is 5.38 Å². The van der Waals surface area contributed by atoms with E-state index in [1.807, 2.05) is 0 Å². The third-order valence-corrected chi connectivity index (χ3v) is 9.98. The van der Waals surface area contributed by atoms with Crippen molar-refractivity contribution in [2.75, 3.05) is 5.38 Å². The molecule has 0 aromatic heterocycles. The van der Waals surface area contributed by atoms with Gasteiger partial charge in [0.25, 0.3) is 0 Å². The average Bonchev–Trinajstić information content (AvgIpc) is 1.60. The fraction of sp³-hybridized carbons (Fsp3) is 1.00. The van der Waals surface area contributed by atoms with Crippen LogP contribution in [0.3, 0.4) is 0 Å². The lowest BCUT2D eigenvalue weighted by molar-refractivity contribution is 1.30. The fourth-order valence-corrected chi connectivity index (χ4v) is 10.2. The highest BCUT2D eigenvalue weighted by Crippen LogP contribution is 2.05. The first-order valence-electron chi connectivity index (χ1n) is 3.67. The monoisotopic (exact) mass is 193 g/mol. The highest BCUT2D eigenvalue weighted by atomic mass is 32.1. The molecular formula is C6H19NSSi2. The summed E-state index contributed by atoms with van der Waals surface area (Å²) in [6.45, 7) is 11.7. The van der Waals surface area contributed by atoms with Crippen LogP contribution in [0.4, 0.5) is 0 Å². The van der Waals surface area contributed by atoms with E-state index in [4.69, 9.17) is 0 Å². The van der Waals surface area contributed by atoms with Crippen LogP contribution < -0.4 is 4.65 Å². The number of hydrogen-bond acceptors (Lipinski definition) is 2. The molecule has 0 aliphatic heterocycles. The maximum Gasteiger partial charge on any atom is 0.122 e. The topological polar surface area (TPSA) is 12.0 Å².